The lowest BCUT2D eigenvalue weighted by Crippen LogP contribution is -1.80. The summed E-state index contributed by atoms with van der Waals surface area (Å²) in [5.74, 6) is 0. The zero-order valence-electron chi connectivity index (χ0n) is 8.66. The number of allylic oxidation sites excluding steroid dienone is 2. The minimum atomic E-state index is 1.04. The Bertz CT molecular complexity index is 338. The van der Waals surface area contributed by atoms with Crippen LogP contribution < -0.4 is 0 Å². The lowest BCUT2D eigenvalue weighted by atomic mass is 10.1. The predicted molar refractivity (Wildman–Crippen MR) is 62.2 cm³/mol. The van der Waals surface area contributed by atoms with Gasteiger partial charge in [0.25, 0.3) is 0 Å². The lowest BCUT2D eigenvalue weighted by Gasteiger charge is -1.94. The maximum absolute atomic E-state index is 3.77. The molecular weight excluding hydrogens is 168 g/mol. The monoisotopic (exact) mass is 184 g/mol. The SMILES string of the molecule is C=C(C)C=C=CCCc1ccccc1. The van der Waals surface area contributed by atoms with Crippen LogP contribution in [0, 0.1) is 0 Å². The Hall–Kier alpha value is -1.52. The smallest absolute Gasteiger partial charge is 0.0180 e. The van der Waals surface area contributed by atoms with Crippen LogP contribution in [0.1, 0.15) is 18.9 Å². The highest BCUT2D eigenvalue weighted by Crippen LogP contribution is 2.02. The van der Waals surface area contributed by atoms with Gasteiger partial charge in [-0.15, -0.1) is 5.73 Å². The summed E-state index contributed by atoms with van der Waals surface area (Å²) in [4.78, 5) is 0. The van der Waals surface area contributed by atoms with Crippen molar-refractivity contribution in [3.63, 3.8) is 0 Å². The van der Waals surface area contributed by atoms with Gasteiger partial charge < -0.3 is 0 Å². The fraction of sp³-hybridized carbons (Fsp3) is 0.214. The molecular formula is C14H16. The van der Waals surface area contributed by atoms with Gasteiger partial charge in [0.1, 0.15) is 0 Å². The molecule has 14 heavy (non-hydrogen) atoms. The van der Waals surface area contributed by atoms with Gasteiger partial charge in [0.2, 0.25) is 0 Å². The zero-order valence-corrected chi connectivity index (χ0v) is 8.66. The number of hydrogen-bond acceptors (Lipinski definition) is 0. The molecule has 0 saturated heterocycles. The maximum Gasteiger partial charge on any atom is -0.0180 e. The second-order valence-electron chi connectivity index (χ2n) is 3.39. The molecule has 0 N–H and O–H groups in total. The summed E-state index contributed by atoms with van der Waals surface area (Å²) < 4.78 is 0. The molecule has 0 heteroatoms. The van der Waals surface area contributed by atoms with E-state index in [1.165, 1.54) is 5.56 Å². The Morgan fingerprint density at radius 3 is 2.71 bits per heavy atom. The molecule has 1 aromatic rings. The number of benzene rings is 1. The summed E-state index contributed by atoms with van der Waals surface area (Å²) >= 11 is 0. The second kappa shape index (κ2) is 6.01. The van der Waals surface area contributed by atoms with E-state index in [1.54, 1.807) is 0 Å². The summed E-state index contributed by atoms with van der Waals surface area (Å²) in [6, 6.07) is 10.5. The molecule has 0 aromatic heterocycles. The van der Waals surface area contributed by atoms with Gasteiger partial charge in [-0.2, -0.15) is 0 Å². The molecule has 1 aromatic carbocycles. The van der Waals surface area contributed by atoms with Gasteiger partial charge in [0, 0.05) is 0 Å². The molecule has 0 spiro atoms. The van der Waals surface area contributed by atoms with Crippen LogP contribution in [0.15, 0.2) is 60.4 Å². The first-order valence-corrected chi connectivity index (χ1v) is 4.89. The van der Waals surface area contributed by atoms with Crippen molar-refractivity contribution in [1.29, 1.82) is 0 Å². The lowest BCUT2D eigenvalue weighted by molar-refractivity contribution is 1.00. The van der Waals surface area contributed by atoms with E-state index < -0.39 is 0 Å². The van der Waals surface area contributed by atoms with Crippen molar-refractivity contribution in [2.75, 3.05) is 0 Å². The van der Waals surface area contributed by atoms with Gasteiger partial charge in [-0.3, -0.25) is 0 Å². The first kappa shape index (κ1) is 10.6. The van der Waals surface area contributed by atoms with Crippen molar-refractivity contribution in [1.82, 2.24) is 0 Å². The topological polar surface area (TPSA) is 0 Å². The molecule has 0 atom stereocenters. The first-order chi connectivity index (χ1) is 6.79. The van der Waals surface area contributed by atoms with Crippen molar-refractivity contribution < 1.29 is 0 Å². The summed E-state index contributed by atoms with van der Waals surface area (Å²) in [6.45, 7) is 5.74. The van der Waals surface area contributed by atoms with Crippen LogP contribution >= 0.6 is 0 Å². The first-order valence-electron chi connectivity index (χ1n) is 4.89. The van der Waals surface area contributed by atoms with Crippen molar-refractivity contribution >= 4 is 0 Å². The molecule has 0 saturated carbocycles. The molecule has 0 bridgehead atoms. The second-order valence-corrected chi connectivity index (χ2v) is 3.39. The van der Waals surface area contributed by atoms with Crippen molar-refractivity contribution in [3.05, 3.63) is 65.9 Å². The minimum absolute atomic E-state index is 1.04. The van der Waals surface area contributed by atoms with Crippen LogP contribution in [0.4, 0.5) is 0 Å². The van der Waals surface area contributed by atoms with Crippen molar-refractivity contribution in [3.8, 4) is 0 Å². The molecule has 0 heterocycles. The van der Waals surface area contributed by atoms with Gasteiger partial charge in [0.05, 0.1) is 0 Å². The van der Waals surface area contributed by atoms with E-state index in [-0.39, 0.29) is 0 Å². The average Bonchev–Trinajstić information content (AvgIpc) is 2.18. The van der Waals surface area contributed by atoms with Gasteiger partial charge >= 0.3 is 0 Å². The Labute approximate surface area is 86.3 Å². The third kappa shape index (κ3) is 4.49. The Morgan fingerprint density at radius 1 is 1.36 bits per heavy atom. The molecule has 0 unspecified atom stereocenters. The molecule has 0 nitrogen and oxygen atoms in total. The van der Waals surface area contributed by atoms with Crippen molar-refractivity contribution in [2.24, 2.45) is 0 Å². The van der Waals surface area contributed by atoms with Crippen molar-refractivity contribution in [2.45, 2.75) is 19.8 Å². The highest BCUT2D eigenvalue weighted by molar-refractivity contribution is 5.15. The van der Waals surface area contributed by atoms with E-state index in [1.807, 2.05) is 19.1 Å². The van der Waals surface area contributed by atoms with Crippen LogP contribution in [-0.2, 0) is 6.42 Å². The molecule has 0 radical (unpaired) electrons. The zero-order chi connectivity index (χ0) is 10.2. The fourth-order valence-corrected chi connectivity index (χ4v) is 1.17. The van der Waals surface area contributed by atoms with E-state index in [0.717, 1.165) is 18.4 Å². The maximum atomic E-state index is 3.77. The predicted octanol–water partition coefficient (Wildman–Crippen LogP) is 3.91. The third-order valence-electron chi connectivity index (χ3n) is 1.87. The standard InChI is InChI=1S/C14H16/c1-13(2)9-5-3-6-10-14-11-7-4-8-12-14/h3-4,7-9,11-12H,1,6,10H2,2H3. The Morgan fingerprint density at radius 2 is 2.07 bits per heavy atom. The normalized spacial score (nSPS) is 8.93. The Balaban J connectivity index is 2.36. The average molecular weight is 184 g/mol. The Kier molecular flexibility index (Phi) is 4.54. The van der Waals surface area contributed by atoms with Crippen LogP contribution in [-0.4, -0.2) is 0 Å². The number of rotatable bonds is 4. The van der Waals surface area contributed by atoms with E-state index >= 15 is 0 Å². The third-order valence-corrected chi connectivity index (χ3v) is 1.87. The van der Waals surface area contributed by atoms with E-state index in [0.29, 0.717) is 0 Å². The number of hydrogen-bond donors (Lipinski definition) is 0. The molecule has 0 fully saturated rings. The van der Waals surface area contributed by atoms with Gasteiger partial charge in [-0.25, -0.2) is 0 Å². The molecule has 0 amide bonds. The highest BCUT2D eigenvalue weighted by Gasteiger charge is 1.86. The van der Waals surface area contributed by atoms with Gasteiger partial charge in [-0.1, -0.05) is 42.5 Å². The van der Waals surface area contributed by atoms with Gasteiger partial charge in [-0.05, 0) is 37.5 Å². The molecule has 0 aliphatic carbocycles. The fourth-order valence-electron chi connectivity index (χ4n) is 1.17. The largest absolute Gasteiger partial charge is 0.125 e. The van der Waals surface area contributed by atoms with E-state index in [4.69, 9.17) is 0 Å². The van der Waals surface area contributed by atoms with Crippen LogP contribution in [0.2, 0.25) is 0 Å². The van der Waals surface area contributed by atoms with Crippen LogP contribution in [0.5, 0.6) is 0 Å². The summed E-state index contributed by atoms with van der Waals surface area (Å²) in [6.07, 6.45) is 6.08. The van der Waals surface area contributed by atoms with Crippen LogP contribution in [0.3, 0.4) is 0 Å². The molecule has 0 aliphatic heterocycles. The van der Waals surface area contributed by atoms with Gasteiger partial charge in [0.15, 0.2) is 0 Å². The quantitative estimate of drug-likeness (QED) is 0.491. The van der Waals surface area contributed by atoms with E-state index in [9.17, 15) is 0 Å². The minimum Gasteiger partial charge on any atom is -0.125 e. The summed E-state index contributed by atoms with van der Waals surface area (Å²) in [5, 5.41) is 0. The molecule has 0 aliphatic rings. The van der Waals surface area contributed by atoms with E-state index in [2.05, 4.69) is 42.7 Å². The summed E-state index contributed by atoms with van der Waals surface area (Å²) in [5.41, 5.74) is 5.52. The molecule has 1 rings (SSSR count). The highest BCUT2D eigenvalue weighted by atomic mass is 13.9. The summed E-state index contributed by atoms with van der Waals surface area (Å²) in [7, 11) is 0. The molecule has 72 valence electrons. The number of aryl methyl sites for hydroxylation is 1. The van der Waals surface area contributed by atoms with Crippen LogP contribution in [0.25, 0.3) is 0 Å².